The number of aromatic hydroxyl groups is 1. The van der Waals surface area contributed by atoms with Crippen LogP contribution in [0.4, 0.5) is 0 Å². The second-order valence-corrected chi connectivity index (χ2v) is 9.67. The van der Waals surface area contributed by atoms with E-state index in [0.29, 0.717) is 36.7 Å². The number of ether oxygens (including phenoxy) is 2. The van der Waals surface area contributed by atoms with E-state index < -0.39 is 22.5 Å². The molecule has 35 heavy (non-hydrogen) atoms. The van der Waals surface area contributed by atoms with E-state index in [1.165, 1.54) is 24.4 Å². The van der Waals surface area contributed by atoms with Crippen LogP contribution in [0.3, 0.4) is 0 Å². The van der Waals surface area contributed by atoms with Crippen molar-refractivity contribution < 1.29 is 27.8 Å². The number of carbonyl (C=O) groups excluding carboxylic acids is 1. The van der Waals surface area contributed by atoms with Crippen LogP contribution in [0.25, 0.3) is 0 Å². The lowest BCUT2D eigenvalue weighted by Gasteiger charge is -2.23. The summed E-state index contributed by atoms with van der Waals surface area (Å²) in [6, 6.07) is 20.3. The lowest BCUT2D eigenvalue weighted by atomic mass is 10.1. The number of fused-ring (bicyclic) bond motifs is 1. The van der Waals surface area contributed by atoms with Gasteiger partial charge in [-0.1, -0.05) is 42.5 Å². The number of benzene rings is 3. The minimum absolute atomic E-state index is 0.000297. The van der Waals surface area contributed by atoms with Gasteiger partial charge in [0.1, 0.15) is 19.0 Å². The van der Waals surface area contributed by atoms with Crippen molar-refractivity contribution in [1.29, 1.82) is 0 Å². The first-order chi connectivity index (χ1) is 16.9. The Morgan fingerprint density at radius 1 is 1.00 bits per heavy atom. The molecule has 3 aromatic rings. The van der Waals surface area contributed by atoms with Crippen LogP contribution >= 0.6 is 0 Å². The maximum absolute atomic E-state index is 13.5. The number of rotatable bonds is 9. The van der Waals surface area contributed by atoms with Crippen LogP contribution in [-0.4, -0.2) is 56.3 Å². The Morgan fingerprint density at radius 3 is 2.49 bits per heavy atom. The zero-order chi connectivity index (χ0) is 24.7. The minimum atomic E-state index is -4.04. The molecule has 1 amide bonds. The van der Waals surface area contributed by atoms with Crippen molar-refractivity contribution in [2.75, 3.05) is 26.3 Å². The quantitative estimate of drug-likeness (QED) is 0.348. The molecule has 0 aliphatic carbocycles. The molecule has 182 valence electrons. The molecule has 0 bridgehead atoms. The molecule has 0 saturated carbocycles. The molecule has 0 aromatic heterocycles. The van der Waals surface area contributed by atoms with Crippen LogP contribution in [-0.2, 0) is 21.2 Å². The molecule has 9 nitrogen and oxygen atoms in total. The van der Waals surface area contributed by atoms with E-state index in [2.05, 4.69) is 10.5 Å². The smallest absolute Gasteiger partial charge is 0.255 e. The van der Waals surface area contributed by atoms with Gasteiger partial charge in [-0.05, 0) is 36.2 Å². The lowest BCUT2D eigenvalue weighted by molar-refractivity contribution is -0.121. The molecular formula is C25H25N3O6S. The molecule has 0 unspecified atom stereocenters. The van der Waals surface area contributed by atoms with E-state index in [0.717, 1.165) is 9.87 Å². The zero-order valence-electron chi connectivity index (χ0n) is 18.8. The highest BCUT2D eigenvalue weighted by Gasteiger charge is 2.28. The molecule has 0 saturated heterocycles. The number of sulfonamides is 1. The number of para-hydroxylation sites is 1. The topological polar surface area (TPSA) is 118 Å². The van der Waals surface area contributed by atoms with Gasteiger partial charge in [-0.25, -0.2) is 13.8 Å². The number of hydrazone groups is 1. The molecule has 4 rings (SSSR count). The van der Waals surface area contributed by atoms with Crippen LogP contribution in [0.5, 0.6) is 17.2 Å². The summed E-state index contributed by atoms with van der Waals surface area (Å²) >= 11 is 0. The summed E-state index contributed by atoms with van der Waals surface area (Å²) in [6.07, 6.45) is 1.70. The number of amides is 1. The van der Waals surface area contributed by atoms with E-state index in [1.807, 2.05) is 30.3 Å². The summed E-state index contributed by atoms with van der Waals surface area (Å²) in [7, 11) is -4.04. The van der Waals surface area contributed by atoms with Gasteiger partial charge in [0.15, 0.2) is 11.5 Å². The molecule has 0 atom stereocenters. The van der Waals surface area contributed by atoms with Crippen molar-refractivity contribution in [1.82, 2.24) is 9.73 Å². The summed E-state index contributed by atoms with van der Waals surface area (Å²) in [5, 5.41) is 13.6. The van der Waals surface area contributed by atoms with Gasteiger partial charge in [0.2, 0.25) is 10.0 Å². The van der Waals surface area contributed by atoms with Crippen LogP contribution < -0.4 is 14.9 Å². The Hall–Kier alpha value is -3.89. The summed E-state index contributed by atoms with van der Waals surface area (Å²) in [4.78, 5) is 12.6. The Morgan fingerprint density at radius 2 is 1.71 bits per heavy atom. The van der Waals surface area contributed by atoms with Gasteiger partial charge in [-0.2, -0.15) is 9.41 Å². The maximum atomic E-state index is 13.5. The molecule has 10 heteroatoms. The number of carbonyl (C=O) groups is 1. The minimum Gasteiger partial charge on any atom is -0.507 e. The Labute approximate surface area is 203 Å². The Kier molecular flexibility index (Phi) is 7.64. The normalized spacial score (nSPS) is 13.2. The van der Waals surface area contributed by atoms with Crippen LogP contribution in [0, 0.1) is 0 Å². The van der Waals surface area contributed by atoms with E-state index in [9.17, 15) is 18.3 Å². The first-order valence-electron chi connectivity index (χ1n) is 11.0. The number of hydrogen-bond donors (Lipinski definition) is 2. The van der Waals surface area contributed by atoms with Crippen LogP contribution in [0.1, 0.15) is 11.1 Å². The van der Waals surface area contributed by atoms with Gasteiger partial charge in [0.05, 0.1) is 17.7 Å². The Balaban J connectivity index is 1.52. The predicted molar refractivity (Wildman–Crippen MR) is 130 cm³/mol. The number of nitrogens with one attached hydrogen (secondary N) is 1. The molecule has 0 fully saturated rings. The van der Waals surface area contributed by atoms with Crippen molar-refractivity contribution >= 4 is 22.1 Å². The molecule has 0 spiro atoms. The standard InChI is InChI=1S/C25H25N3O6S/c29-22-9-5-4-8-20(22)17-26-27-25(30)18-28(13-12-19-6-2-1-3-7-19)35(31,32)21-10-11-23-24(16-21)34-15-14-33-23/h1-11,16-17,29H,12-15,18H2,(H,27,30)/b26-17-. The molecule has 1 heterocycles. The van der Waals surface area contributed by atoms with Gasteiger partial charge >= 0.3 is 0 Å². The maximum Gasteiger partial charge on any atom is 0.255 e. The summed E-state index contributed by atoms with van der Waals surface area (Å²) in [6.45, 7) is 0.356. The molecule has 1 aliphatic rings. The van der Waals surface area contributed by atoms with Gasteiger partial charge < -0.3 is 14.6 Å². The van der Waals surface area contributed by atoms with Gasteiger partial charge in [0.25, 0.3) is 5.91 Å². The first kappa shape index (κ1) is 24.2. The van der Waals surface area contributed by atoms with Crippen molar-refractivity contribution in [3.05, 3.63) is 83.9 Å². The number of phenols is 1. The Bertz CT molecular complexity index is 1310. The average molecular weight is 496 g/mol. The third-order valence-corrected chi connectivity index (χ3v) is 7.13. The second-order valence-electron chi connectivity index (χ2n) is 7.73. The third-order valence-electron chi connectivity index (χ3n) is 5.29. The van der Waals surface area contributed by atoms with Crippen LogP contribution in [0.15, 0.2) is 82.8 Å². The summed E-state index contributed by atoms with van der Waals surface area (Å²) in [5.74, 6) is 0.210. The number of nitrogens with zero attached hydrogens (tertiary/aromatic N) is 2. The van der Waals surface area contributed by atoms with Crippen molar-refractivity contribution in [2.45, 2.75) is 11.3 Å². The van der Waals surface area contributed by atoms with Crippen molar-refractivity contribution in [2.24, 2.45) is 5.10 Å². The van der Waals surface area contributed by atoms with Crippen LogP contribution in [0.2, 0.25) is 0 Å². The summed E-state index contributed by atoms with van der Waals surface area (Å²) in [5.41, 5.74) is 3.68. The monoisotopic (exact) mass is 495 g/mol. The fourth-order valence-corrected chi connectivity index (χ4v) is 4.89. The summed E-state index contributed by atoms with van der Waals surface area (Å²) < 4.78 is 39.1. The number of hydrogen-bond acceptors (Lipinski definition) is 7. The van der Waals surface area contributed by atoms with Crippen molar-refractivity contribution in [3.8, 4) is 17.2 Å². The van der Waals surface area contributed by atoms with Gasteiger partial charge in [0, 0.05) is 18.2 Å². The van der Waals surface area contributed by atoms with E-state index in [-0.39, 0.29) is 17.2 Å². The molecule has 0 radical (unpaired) electrons. The highest BCUT2D eigenvalue weighted by molar-refractivity contribution is 7.89. The molecule has 3 aromatic carbocycles. The van der Waals surface area contributed by atoms with E-state index in [1.54, 1.807) is 24.3 Å². The van der Waals surface area contributed by atoms with Crippen molar-refractivity contribution in [3.63, 3.8) is 0 Å². The second kappa shape index (κ2) is 11.0. The zero-order valence-corrected chi connectivity index (χ0v) is 19.6. The number of phenolic OH excluding ortho intramolecular Hbond substituents is 1. The third kappa shape index (κ3) is 6.17. The van der Waals surface area contributed by atoms with E-state index >= 15 is 0 Å². The average Bonchev–Trinajstić information content (AvgIpc) is 2.88. The van der Waals surface area contributed by atoms with Gasteiger partial charge in [-0.15, -0.1) is 0 Å². The van der Waals surface area contributed by atoms with Gasteiger partial charge in [-0.3, -0.25) is 4.79 Å². The molecule has 1 aliphatic heterocycles. The lowest BCUT2D eigenvalue weighted by Crippen LogP contribution is -2.40. The molecular weight excluding hydrogens is 470 g/mol. The highest BCUT2D eigenvalue weighted by Crippen LogP contribution is 2.33. The predicted octanol–water partition coefficient (Wildman–Crippen LogP) is 2.55. The molecule has 2 N–H and O–H groups in total. The largest absolute Gasteiger partial charge is 0.507 e. The first-order valence-corrected chi connectivity index (χ1v) is 12.4. The van der Waals surface area contributed by atoms with E-state index in [4.69, 9.17) is 9.47 Å². The SMILES string of the molecule is O=C(CN(CCc1ccccc1)S(=O)(=O)c1ccc2c(c1)OCCO2)N/N=C\c1ccccc1O. The fourth-order valence-electron chi connectivity index (χ4n) is 3.48. The fraction of sp³-hybridized carbons (Fsp3) is 0.200. The highest BCUT2D eigenvalue weighted by atomic mass is 32.2.